The van der Waals surface area contributed by atoms with Gasteiger partial charge in [0.2, 0.25) is 5.88 Å². The van der Waals surface area contributed by atoms with Crippen molar-refractivity contribution < 1.29 is 14.6 Å². The molecule has 1 aromatic rings. The molecule has 0 unspecified atom stereocenters. The standard InChI is InChI=1S/C5H4FNO2/c6-3-1-2-4(8)7-5(3)9/h1-2H,(H2,7,8,9). The van der Waals surface area contributed by atoms with E-state index in [0.717, 1.165) is 12.1 Å². The first-order valence-electron chi connectivity index (χ1n) is 2.24. The molecule has 0 fully saturated rings. The Morgan fingerprint density at radius 2 is 2.00 bits per heavy atom. The highest BCUT2D eigenvalue weighted by Crippen LogP contribution is 2.14. The molecule has 0 saturated carbocycles. The van der Waals surface area contributed by atoms with Crippen LogP contribution in [0.15, 0.2) is 12.1 Å². The maximum atomic E-state index is 12.1. The van der Waals surface area contributed by atoms with Crippen LogP contribution in [0.1, 0.15) is 0 Å². The predicted molar refractivity (Wildman–Crippen MR) is 27.5 cm³/mol. The highest BCUT2D eigenvalue weighted by Gasteiger charge is 1.99. The molecule has 0 bridgehead atoms. The van der Waals surface area contributed by atoms with Gasteiger partial charge in [-0.25, -0.2) is 4.39 Å². The second-order valence-corrected chi connectivity index (χ2v) is 1.47. The van der Waals surface area contributed by atoms with Crippen molar-refractivity contribution >= 4 is 0 Å². The third kappa shape index (κ3) is 1.07. The highest BCUT2D eigenvalue weighted by molar-refractivity contribution is 5.19. The normalized spacial score (nSPS) is 9.44. The van der Waals surface area contributed by atoms with Gasteiger partial charge in [0.1, 0.15) is 0 Å². The van der Waals surface area contributed by atoms with E-state index in [2.05, 4.69) is 4.98 Å². The fraction of sp³-hybridized carbons (Fsp3) is 0. The van der Waals surface area contributed by atoms with Crippen LogP contribution in [0.3, 0.4) is 0 Å². The summed E-state index contributed by atoms with van der Waals surface area (Å²) in [6.45, 7) is 0. The van der Waals surface area contributed by atoms with Crippen molar-refractivity contribution in [2.75, 3.05) is 0 Å². The molecular weight excluding hydrogens is 125 g/mol. The van der Waals surface area contributed by atoms with Crippen molar-refractivity contribution in [2.45, 2.75) is 0 Å². The summed E-state index contributed by atoms with van der Waals surface area (Å²) in [5, 5.41) is 17.0. The summed E-state index contributed by atoms with van der Waals surface area (Å²) >= 11 is 0. The van der Waals surface area contributed by atoms with Crippen LogP contribution in [0.25, 0.3) is 0 Å². The van der Waals surface area contributed by atoms with E-state index in [-0.39, 0.29) is 0 Å². The molecule has 0 saturated heterocycles. The quantitative estimate of drug-likeness (QED) is 0.540. The van der Waals surface area contributed by atoms with Crippen LogP contribution < -0.4 is 0 Å². The van der Waals surface area contributed by atoms with E-state index in [9.17, 15) is 4.39 Å². The Bertz CT molecular complexity index is 226. The molecular formula is C5H4FNO2. The van der Waals surface area contributed by atoms with Gasteiger partial charge in [-0.2, -0.15) is 4.98 Å². The SMILES string of the molecule is Oc1ccc(F)c(O)n1. The van der Waals surface area contributed by atoms with Gasteiger partial charge in [0.25, 0.3) is 5.88 Å². The highest BCUT2D eigenvalue weighted by atomic mass is 19.1. The first-order valence-corrected chi connectivity index (χ1v) is 2.24. The van der Waals surface area contributed by atoms with E-state index in [1.807, 2.05) is 0 Å². The topological polar surface area (TPSA) is 53.4 Å². The van der Waals surface area contributed by atoms with Crippen LogP contribution in [0, 0.1) is 5.82 Å². The van der Waals surface area contributed by atoms with Crippen molar-refractivity contribution in [1.82, 2.24) is 4.98 Å². The average molecular weight is 129 g/mol. The zero-order chi connectivity index (χ0) is 6.85. The summed E-state index contributed by atoms with van der Waals surface area (Å²) in [5.74, 6) is -2.02. The van der Waals surface area contributed by atoms with Crippen LogP contribution >= 0.6 is 0 Å². The molecule has 4 heteroatoms. The zero-order valence-corrected chi connectivity index (χ0v) is 4.37. The number of hydrogen-bond acceptors (Lipinski definition) is 3. The minimum atomic E-state index is -0.840. The fourth-order valence-electron chi connectivity index (χ4n) is 0.421. The van der Waals surface area contributed by atoms with E-state index in [1.165, 1.54) is 0 Å². The molecule has 1 aromatic heterocycles. The first-order chi connectivity index (χ1) is 4.20. The van der Waals surface area contributed by atoms with Crippen molar-refractivity contribution in [3.63, 3.8) is 0 Å². The Morgan fingerprint density at radius 1 is 1.33 bits per heavy atom. The summed E-state index contributed by atoms with van der Waals surface area (Å²) in [5.41, 5.74) is 0. The van der Waals surface area contributed by atoms with Gasteiger partial charge in [-0.05, 0) is 6.07 Å². The molecule has 0 radical (unpaired) electrons. The third-order valence-corrected chi connectivity index (χ3v) is 0.813. The Morgan fingerprint density at radius 3 is 2.44 bits per heavy atom. The molecule has 0 amide bonds. The fourth-order valence-corrected chi connectivity index (χ4v) is 0.421. The second kappa shape index (κ2) is 1.89. The van der Waals surface area contributed by atoms with Gasteiger partial charge in [0.05, 0.1) is 0 Å². The van der Waals surface area contributed by atoms with Crippen LogP contribution in [-0.4, -0.2) is 15.2 Å². The number of aromatic hydroxyl groups is 2. The van der Waals surface area contributed by atoms with Crippen LogP contribution in [0.4, 0.5) is 4.39 Å². The predicted octanol–water partition coefficient (Wildman–Crippen LogP) is 0.632. The van der Waals surface area contributed by atoms with E-state index in [0.29, 0.717) is 0 Å². The molecule has 0 atom stereocenters. The summed E-state index contributed by atoms with van der Waals surface area (Å²) in [6, 6.07) is 1.98. The third-order valence-electron chi connectivity index (χ3n) is 0.813. The van der Waals surface area contributed by atoms with E-state index in [4.69, 9.17) is 10.2 Å². The number of pyridine rings is 1. The number of halogens is 1. The minimum Gasteiger partial charge on any atom is -0.493 e. The molecule has 48 valence electrons. The van der Waals surface area contributed by atoms with E-state index >= 15 is 0 Å². The van der Waals surface area contributed by atoms with Gasteiger partial charge in [0.15, 0.2) is 5.82 Å². The lowest BCUT2D eigenvalue weighted by molar-refractivity contribution is 0.385. The largest absolute Gasteiger partial charge is 0.493 e. The van der Waals surface area contributed by atoms with Gasteiger partial charge < -0.3 is 10.2 Å². The average Bonchev–Trinajstić information content (AvgIpc) is 1.80. The Balaban J connectivity index is 3.17. The molecule has 0 aromatic carbocycles. The Labute approximate surface area is 50.4 Å². The molecule has 0 aliphatic heterocycles. The summed E-state index contributed by atoms with van der Waals surface area (Å²) < 4.78 is 12.1. The van der Waals surface area contributed by atoms with Crippen LogP contribution in [-0.2, 0) is 0 Å². The number of aromatic nitrogens is 1. The Hall–Kier alpha value is -1.32. The Kier molecular flexibility index (Phi) is 1.22. The molecule has 1 heterocycles. The molecule has 2 N–H and O–H groups in total. The number of rotatable bonds is 0. The monoisotopic (exact) mass is 129 g/mol. The summed E-state index contributed by atoms with van der Waals surface area (Å²) in [7, 11) is 0. The van der Waals surface area contributed by atoms with Gasteiger partial charge in [0, 0.05) is 6.07 Å². The molecule has 0 spiro atoms. The maximum absolute atomic E-state index is 12.1. The van der Waals surface area contributed by atoms with Crippen LogP contribution in [0.5, 0.6) is 11.8 Å². The van der Waals surface area contributed by atoms with Gasteiger partial charge >= 0.3 is 0 Å². The molecule has 9 heavy (non-hydrogen) atoms. The lowest BCUT2D eigenvalue weighted by Gasteiger charge is -1.91. The van der Waals surface area contributed by atoms with Gasteiger partial charge in [-0.15, -0.1) is 0 Å². The van der Waals surface area contributed by atoms with Gasteiger partial charge in [-0.3, -0.25) is 0 Å². The zero-order valence-electron chi connectivity index (χ0n) is 4.37. The second-order valence-electron chi connectivity index (χ2n) is 1.47. The van der Waals surface area contributed by atoms with E-state index in [1.54, 1.807) is 0 Å². The molecule has 3 nitrogen and oxygen atoms in total. The minimum absolute atomic E-state index is 0.395. The maximum Gasteiger partial charge on any atom is 0.251 e. The lowest BCUT2D eigenvalue weighted by Crippen LogP contribution is -1.79. The lowest BCUT2D eigenvalue weighted by atomic mass is 10.4. The van der Waals surface area contributed by atoms with Crippen molar-refractivity contribution in [2.24, 2.45) is 0 Å². The smallest absolute Gasteiger partial charge is 0.251 e. The first kappa shape index (κ1) is 5.81. The van der Waals surface area contributed by atoms with Crippen LogP contribution in [0.2, 0.25) is 0 Å². The molecule has 0 aliphatic rings. The van der Waals surface area contributed by atoms with Gasteiger partial charge in [-0.1, -0.05) is 0 Å². The van der Waals surface area contributed by atoms with Crippen molar-refractivity contribution in [3.8, 4) is 11.8 Å². The number of nitrogens with zero attached hydrogens (tertiary/aromatic N) is 1. The summed E-state index contributed by atoms with van der Waals surface area (Å²) in [4.78, 5) is 3.01. The van der Waals surface area contributed by atoms with Crippen molar-refractivity contribution in [3.05, 3.63) is 17.9 Å². The number of hydrogen-bond donors (Lipinski definition) is 2. The summed E-state index contributed by atoms with van der Waals surface area (Å²) in [6.07, 6.45) is 0. The van der Waals surface area contributed by atoms with Crippen molar-refractivity contribution in [1.29, 1.82) is 0 Å². The molecule has 1 rings (SSSR count). The molecule has 0 aliphatic carbocycles. The van der Waals surface area contributed by atoms with E-state index < -0.39 is 17.6 Å².